The van der Waals surface area contributed by atoms with E-state index in [4.69, 9.17) is 9.47 Å². The Kier molecular flexibility index (Phi) is 6.25. The average Bonchev–Trinajstić information content (AvgIpc) is 3.10. The van der Waals surface area contributed by atoms with E-state index >= 15 is 0 Å². The highest BCUT2D eigenvalue weighted by atomic mass is 16.5. The number of rotatable bonds is 6. The van der Waals surface area contributed by atoms with E-state index in [9.17, 15) is 4.79 Å². The molecular weight excluding hydrogens is 378 g/mol. The van der Waals surface area contributed by atoms with Crippen LogP contribution in [-0.4, -0.2) is 68.7 Å². The van der Waals surface area contributed by atoms with Crippen LogP contribution in [0.15, 0.2) is 42.5 Å². The number of nitrogens with zero attached hydrogens (tertiary/aromatic N) is 3. The predicted molar refractivity (Wildman–Crippen MR) is 118 cm³/mol. The number of carbonyl (C=O) groups is 1. The fourth-order valence-electron chi connectivity index (χ4n) is 4.56. The smallest absolute Gasteiger partial charge is 0.241 e. The monoisotopic (exact) mass is 409 g/mol. The number of hydrogen-bond donors (Lipinski definition) is 0. The minimum atomic E-state index is 0.209. The first-order chi connectivity index (χ1) is 14.6. The van der Waals surface area contributed by atoms with E-state index in [2.05, 4.69) is 41.0 Å². The number of hydrogen-bond acceptors (Lipinski definition) is 5. The minimum absolute atomic E-state index is 0.209. The molecule has 30 heavy (non-hydrogen) atoms. The summed E-state index contributed by atoms with van der Waals surface area (Å²) >= 11 is 0. The van der Waals surface area contributed by atoms with E-state index < -0.39 is 0 Å². The van der Waals surface area contributed by atoms with Crippen molar-refractivity contribution in [2.45, 2.75) is 25.9 Å². The summed E-state index contributed by atoms with van der Waals surface area (Å²) in [6, 6.07) is 14.6. The van der Waals surface area contributed by atoms with Crippen LogP contribution in [0.1, 0.15) is 18.1 Å². The molecule has 0 unspecified atom stereocenters. The first kappa shape index (κ1) is 20.7. The maximum Gasteiger partial charge on any atom is 0.241 e. The molecule has 2 aromatic rings. The van der Waals surface area contributed by atoms with Crippen LogP contribution in [0.5, 0.6) is 11.5 Å². The molecule has 1 fully saturated rings. The van der Waals surface area contributed by atoms with Gasteiger partial charge in [-0.15, -0.1) is 0 Å². The molecule has 160 valence electrons. The molecule has 0 bridgehead atoms. The van der Waals surface area contributed by atoms with Crippen LogP contribution in [0.25, 0.3) is 0 Å². The number of methoxy groups -OCH3 is 2. The summed E-state index contributed by atoms with van der Waals surface area (Å²) in [5.41, 5.74) is 3.57. The third-order valence-corrected chi connectivity index (χ3v) is 6.15. The first-order valence-corrected chi connectivity index (χ1v) is 10.6. The number of ether oxygens (including phenoxy) is 2. The SMILES string of the molecule is COc1ccc(CN2CCN(CC(=O)N3c4ccccc4C[C@H]3C)CC2)cc1OC. The minimum Gasteiger partial charge on any atom is -0.493 e. The van der Waals surface area contributed by atoms with Crippen molar-refractivity contribution in [2.24, 2.45) is 0 Å². The zero-order valence-corrected chi connectivity index (χ0v) is 18.1. The number of anilines is 1. The summed E-state index contributed by atoms with van der Waals surface area (Å²) in [5.74, 6) is 1.72. The topological polar surface area (TPSA) is 45.2 Å². The third-order valence-electron chi connectivity index (χ3n) is 6.15. The molecule has 1 atom stereocenters. The van der Waals surface area contributed by atoms with Gasteiger partial charge in [-0.2, -0.15) is 0 Å². The van der Waals surface area contributed by atoms with Gasteiger partial charge in [0.1, 0.15) is 0 Å². The van der Waals surface area contributed by atoms with Gasteiger partial charge in [0.25, 0.3) is 0 Å². The summed E-state index contributed by atoms with van der Waals surface area (Å²) in [6.07, 6.45) is 0.945. The summed E-state index contributed by atoms with van der Waals surface area (Å²) < 4.78 is 10.7. The molecule has 2 aromatic carbocycles. The van der Waals surface area contributed by atoms with Crippen molar-refractivity contribution in [2.75, 3.05) is 51.8 Å². The van der Waals surface area contributed by atoms with Crippen molar-refractivity contribution < 1.29 is 14.3 Å². The predicted octanol–water partition coefficient (Wildman–Crippen LogP) is 2.80. The molecule has 0 aromatic heterocycles. The summed E-state index contributed by atoms with van der Waals surface area (Å²) in [6.45, 7) is 7.22. The second-order valence-electron chi connectivity index (χ2n) is 8.19. The van der Waals surface area contributed by atoms with E-state index in [0.29, 0.717) is 6.54 Å². The zero-order chi connectivity index (χ0) is 21.1. The van der Waals surface area contributed by atoms with Gasteiger partial charge in [0.15, 0.2) is 11.5 Å². The van der Waals surface area contributed by atoms with Gasteiger partial charge in [-0.05, 0) is 42.7 Å². The number of benzene rings is 2. The highest BCUT2D eigenvalue weighted by Crippen LogP contribution is 2.32. The Labute approximate surface area is 179 Å². The number of fused-ring (bicyclic) bond motifs is 1. The molecule has 6 nitrogen and oxygen atoms in total. The summed E-state index contributed by atoms with van der Waals surface area (Å²) in [5, 5.41) is 0. The van der Waals surface area contributed by atoms with E-state index in [-0.39, 0.29) is 11.9 Å². The molecule has 0 saturated carbocycles. The lowest BCUT2D eigenvalue weighted by atomic mass is 10.1. The normalized spacial score (nSPS) is 19.6. The third kappa shape index (κ3) is 4.30. The molecule has 2 heterocycles. The zero-order valence-electron chi connectivity index (χ0n) is 18.1. The fourth-order valence-corrected chi connectivity index (χ4v) is 4.56. The van der Waals surface area contributed by atoms with Crippen molar-refractivity contribution >= 4 is 11.6 Å². The van der Waals surface area contributed by atoms with Crippen molar-refractivity contribution in [1.29, 1.82) is 0 Å². The Morgan fingerprint density at radius 1 is 0.967 bits per heavy atom. The number of carbonyl (C=O) groups excluding carboxylic acids is 1. The second kappa shape index (κ2) is 9.06. The Morgan fingerprint density at radius 3 is 2.40 bits per heavy atom. The van der Waals surface area contributed by atoms with Gasteiger partial charge in [-0.3, -0.25) is 14.6 Å². The lowest BCUT2D eigenvalue weighted by molar-refractivity contribution is -0.120. The van der Waals surface area contributed by atoms with Gasteiger partial charge in [0, 0.05) is 44.5 Å². The molecule has 1 saturated heterocycles. The van der Waals surface area contributed by atoms with Crippen LogP contribution in [0.4, 0.5) is 5.69 Å². The molecule has 1 amide bonds. The highest BCUT2D eigenvalue weighted by Gasteiger charge is 2.31. The molecular formula is C24H31N3O3. The van der Waals surface area contributed by atoms with Crippen LogP contribution >= 0.6 is 0 Å². The van der Waals surface area contributed by atoms with E-state index in [1.807, 2.05) is 23.1 Å². The Bertz CT molecular complexity index is 893. The van der Waals surface area contributed by atoms with Crippen molar-refractivity contribution in [3.63, 3.8) is 0 Å². The number of piperazine rings is 1. The summed E-state index contributed by atoms with van der Waals surface area (Å²) in [7, 11) is 3.32. The maximum absolute atomic E-state index is 13.0. The van der Waals surface area contributed by atoms with Crippen LogP contribution in [0, 0.1) is 0 Å². The molecule has 0 aliphatic carbocycles. The number of para-hydroxylation sites is 1. The van der Waals surface area contributed by atoms with Crippen molar-refractivity contribution in [1.82, 2.24) is 9.80 Å². The largest absolute Gasteiger partial charge is 0.493 e. The first-order valence-electron chi connectivity index (χ1n) is 10.6. The van der Waals surface area contributed by atoms with E-state index in [0.717, 1.165) is 56.3 Å². The molecule has 0 radical (unpaired) electrons. The lowest BCUT2D eigenvalue weighted by Gasteiger charge is -2.35. The fraction of sp³-hybridized carbons (Fsp3) is 0.458. The van der Waals surface area contributed by atoms with Gasteiger partial charge in [0.05, 0.1) is 20.8 Å². The lowest BCUT2D eigenvalue weighted by Crippen LogP contribution is -2.50. The van der Waals surface area contributed by atoms with Gasteiger partial charge in [-0.25, -0.2) is 0 Å². The van der Waals surface area contributed by atoms with Gasteiger partial charge in [0.2, 0.25) is 5.91 Å². The quantitative estimate of drug-likeness (QED) is 0.734. The number of amides is 1. The highest BCUT2D eigenvalue weighted by molar-refractivity contribution is 5.97. The molecule has 2 aliphatic heterocycles. The molecule has 2 aliphatic rings. The maximum atomic E-state index is 13.0. The van der Waals surface area contributed by atoms with Crippen molar-refractivity contribution in [3.05, 3.63) is 53.6 Å². The molecule has 4 rings (SSSR count). The van der Waals surface area contributed by atoms with Crippen LogP contribution < -0.4 is 14.4 Å². The van der Waals surface area contributed by atoms with Crippen molar-refractivity contribution in [3.8, 4) is 11.5 Å². The van der Waals surface area contributed by atoms with Crippen LogP contribution in [0.2, 0.25) is 0 Å². The standard InChI is InChI=1S/C24H31N3O3/c1-18-14-20-6-4-5-7-21(20)27(18)24(28)17-26-12-10-25(11-13-26)16-19-8-9-22(29-2)23(15-19)30-3/h4-9,15,18H,10-14,16-17H2,1-3H3/t18-/m1/s1. The van der Waals surface area contributed by atoms with Crippen LogP contribution in [0.3, 0.4) is 0 Å². The summed E-state index contributed by atoms with van der Waals surface area (Å²) in [4.78, 5) is 19.7. The molecule has 6 heteroatoms. The Hall–Kier alpha value is -2.57. The van der Waals surface area contributed by atoms with E-state index in [1.165, 1.54) is 11.1 Å². The van der Waals surface area contributed by atoms with Gasteiger partial charge in [-0.1, -0.05) is 24.3 Å². The van der Waals surface area contributed by atoms with E-state index in [1.54, 1.807) is 14.2 Å². The Balaban J connectivity index is 1.30. The average molecular weight is 410 g/mol. The van der Waals surface area contributed by atoms with Gasteiger partial charge >= 0.3 is 0 Å². The van der Waals surface area contributed by atoms with Crippen LogP contribution in [-0.2, 0) is 17.8 Å². The second-order valence-corrected chi connectivity index (χ2v) is 8.19. The molecule has 0 N–H and O–H groups in total. The van der Waals surface area contributed by atoms with Gasteiger partial charge < -0.3 is 14.4 Å². The molecule has 0 spiro atoms. The Morgan fingerprint density at radius 2 is 1.67 bits per heavy atom.